The van der Waals surface area contributed by atoms with E-state index in [1.807, 2.05) is 60.7 Å². The summed E-state index contributed by atoms with van der Waals surface area (Å²) in [5.74, 6) is 2.67. The SMILES string of the molecule is Cc1ccccc1OCCCCn1c(COc2ccc(Cl)cc2)nc2ccccc21. The second-order valence-corrected chi connectivity index (χ2v) is 7.67. The minimum atomic E-state index is 0.413. The largest absolute Gasteiger partial charge is 0.493 e. The van der Waals surface area contributed by atoms with E-state index in [4.69, 9.17) is 26.1 Å². The summed E-state index contributed by atoms with van der Waals surface area (Å²) in [4.78, 5) is 4.78. The summed E-state index contributed by atoms with van der Waals surface area (Å²) >= 11 is 5.96. The van der Waals surface area contributed by atoms with Gasteiger partial charge in [0, 0.05) is 11.6 Å². The van der Waals surface area contributed by atoms with Crippen LogP contribution in [0.1, 0.15) is 24.2 Å². The Morgan fingerprint density at radius 2 is 1.63 bits per heavy atom. The lowest BCUT2D eigenvalue weighted by molar-refractivity contribution is 0.284. The minimum absolute atomic E-state index is 0.413. The number of fused-ring (bicyclic) bond motifs is 1. The highest BCUT2D eigenvalue weighted by molar-refractivity contribution is 6.30. The van der Waals surface area contributed by atoms with Gasteiger partial charge in [0.05, 0.1) is 17.6 Å². The fraction of sp³-hybridized carbons (Fsp3) is 0.240. The Labute approximate surface area is 182 Å². The minimum Gasteiger partial charge on any atom is -0.493 e. The van der Waals surface area contributed by atoms with Gasteiger partial charge in [-0.2, -0.15) is 0 Å². The van der Waals surface area contributed by atoms with Crippen molar-refractivity contribution in [2.24, 2.45) is 0 Å². The van der Waals surface area contributed by atoms with Crippen molar-refractivity contribution in [1.29, 1.82) is 0 Å². The molecule has 154 valence electrons. The summed E-state index contributed by atoms with van der Waals surface area (Å²) < 4.78 is 14.1. The van der Waals surface area contributed by atoms with Crippen molar-refractivity contribution in [2.75, 3.05) is 6.61 Å². The van der Waals surface area contributed by atoms with Crippen LogP contribution in [-0.4, -0.2) is 16.2 Å². The first kappa shape index (κ1) is 20.3. The van der Waals surface area contributed by atoms with E-state index >= 15 is 0 Å². The molecular formula is C25H25ClN2O2. The number of para-hydroxylation sites is 3. The highest BCUT2D eigenvalue weighted by atomic mass is 35.5. The third-order valence-corrected chi connectivity index (χ3v) is 5.29. The predicted molar refractivity (Wildman–Crippen MR) is 121 cm³/mol. The van der Waals surface area contributed by atoms with Crippen molar-refractivity contribution < 1.29 is 9.47 Å². The lowest BCUT2D eigenvalue weighted by atomic mass is 10.2. The Morgan fingerprint density at radius 3 is 2.47 bits per heavy atom. The molecule has 4 aromatic rings. The van der Waals surface area contributed by atoms with Gasteiger partial charge in [0.15, 0.2) is 0 Å². The summed E-state index contributed by atoms with van der Waals surface area (Å²) in [5.41, 5.74) is 3.29. The normalized spacial score (nSPS) is 11.0. The molecule has 4 nitrogen and oxygen atoms in total. The van der Waals surface area contributed by atoms with Crippen molar-refractivity contribution in [3.8, 4) is 11.5 Å². The van der Waals surface area contributed by atoms with Crippen LogP contribution in [0.2, 0.25) is 5.02 Å². The fourth-order valence-corrected chi connectivity index (χ4v) is 3.56. The van der Waals surface area contributed by atoms with E-state index in [0.717, 1.165) is 47.7 Å². The number of benzene rings is 3. The maximum absolute atomic E-state index is 5.96. The molecule has 30 heavy (non-hydrogen) atoms. The average Bonchev–Trinajstić information content (AvgIpc) is 3.12. The van der Waals surface area contributed by atoms with Crippen molar-refractivity contribution in [1.82, 2.24) is 9.55 Å². The van der Waals surface area contributed by atoms with Crippen LogP contribution in [0.15, 0.2) is 72.8 Å². The summed E-state index contributed by atoms with van der Waals surface area (Å²) in [6.07, 6.45) is 1.97. The molecule has 0 atom stereocenters. The molecule has 4 rings (SSSR count). The highest BCUT2D eigenvalue weighted by Gasteiger charge is 2.11. The van der Waals surface area contributed by atoms with Gasteiger partial charge in [0.1, 0.15) is 23.9 Å². The number of nitrogens with zero attached hydrogens (tertiary/aromatic N) is 2. The molecule has 0 saturated heterocycles. The van der Waals surface area contributed by atoms with Crippen LogP contribution in [0.5, 0.6) is 11.5 Å². The van der Waals surface area contributed by atoms with Crippen LogP contribution in [-0.2, 0) is 13.2 Å². The van der Waals surface area contributed by atoms with E-state index in [-0.39, 0.29) is 0 Å². The van der Waals surface area contributed by atoms with E-state index in [0.29, 0.717) is 18.2 Å². The molecule has 0 amide bonds. The van der Waals surface area contributed by atoms with E-state index < -0.39 is 0 Å². The Morgan fingerprint density at radius 1 is 0.867 bits per heavy atom. The van der Waals surface area contributed by atoms with Crippen LogP contribution in [0, 0.1) is 6.92 Å². The second-order valence-electron chi connectivity index (χ2n) is 7.23. The molecule has 1 aromatic heterocycles. The molecule has 0 aliphatic rings. The number of halogens is 1. The summed E-state index contributed by atoms with van der Waals surface area (Å²) in [6, 6.07) is 23.7. The lowest BCUT2D eigenvalue weighted by Gasteiger charge is -2.12. The maximum atomic E-state index is 5.96. The molecule has 5 heteroatoms. The van der Waals surface area contributed by atoms with Crippen LogP contribution in [0.4, 0.5) is 0 Å². The zero-order valence-electron chi connectivity index (χ0n) is 17.1. The molecule has 0 aliphatic carbocycles. The van der Waals surface area contributed by atoms with Gasteiger partial charge in [0.25, 0.3) is 0 Å². The number of imidazole rings is 1. The van der Waals surface area contributed by atoms with Crippen molar-refractivity contribution in [3.63, 3.8) is 0 Å². The van der Waals surface area contributed by atoms with Crippen LogP contribution in [0.3, 0.4) is 0 Å². The first-order valence-electron chi connectivity index (χ1n) is 10.2. The number of hydrogen-bond donors (Lipinski definition) is 0. The van der Waals surface area contributed by atoms with Crippen LogP contribution in [0.25, 0.3) is 11.0 Å². The fourth-order valence-electron chi connectivity index (χ4n) is 3.44. The molecule has 0 fully saturated rings. The molecule has 0 bridgehead atoms. The van der Waals surface area contributed by atoms with Crippen molar-refractivity contribution in [3.05, 3.63) is 89.2 Å². The zero-order valence-corrected chi connectivity index (χ0v) is 17.8. The highest BCUT2D eigenvalue weighted by Crippen LogP contribution is 2.21. The molecular weight excluding hydrogens is 396 g/mol. The van der Waals surface area contributed by atoms with Gasteiger partial charge in [-0.15, -0.1) is 0 Å². The van der Waals surface area contributed by atoms with Crippen molar-refractivity contribution >= 4 is 22.6 Å². The molecule has 0 radical (unpaired) electrons. The van der Waals surface area contributed by atoms with E-state index in [1.54, 1.807) is 0 Å². The number of ether oxygens (including phenoxy) is 2. The van der Waals surface area contributed by atoms with E-state index in [2.05, 4.69) is 23.6 Å². The molecule has 0 unspecified atom stereocenters. The van der Waals surface area contributed by atoms with Gasteiger partial charge in [-0.05, 0) is 67.8 Å². The zero-order chi connectivity index (χ0) is 20.8. The van der Waals surface area contributed by atoms with Crippen LogP contribution < -0.4 is 9.47 Å². The molecule has 1 heterocycles. The summed E-state index contributed by atoms with van der Waals surface area (Å²) in [7, 11) is 0. The van der Waals surface area contributed by atoms with Crippen molar-refractivity contribution in [2.45, 2.75) is 32.9 Å². The number of unbranched alkanes of at least 4 members (excludes halogenated alkanes) is 1. The van der Waals surface area contributed by atoms with E-state index in [9.17, 15) is 0 Å². The van der Waals surface area contributed by atoms with Gasteiger partial charge in [-0.25, -0.2) is 4.98 Å². The average molecular weight is 421 g/mol. The maximum Gasteiger partial charge on any atom is 0.147 e. The first-order valence-corrected chi connectivity index (χ1v) is 10.6. The molecule has 0 spiro atoms. The lowest BCUT2D eigenvalue weighted by Crippen LogP contribution is -2.09. The summed E-state index contributed by atoms with van der Waals surface area (Å²) in [5, 5.41) is 0.697. The molecule has 0 aliphatic heterocycles. The Hall–Kier alpha value is -2.98. The smallest absolute Gasteiger partial charge is 0.147 e. The van der Waals surface area contributed by atoms with Gasteiger partial charge in [-0.3, -0.25) is 0 Å². The quantitative estimate of drug-likeness (QED) is 0.292. The van der Waals surface area contributed by atoms with E-state index in [1.165, 1.54) is 5.56 Å². The summed E-state index contributed by atoms with van der Waals surface area (Å²) in [6.45, 7) is 4.06. The first-order chi connectivity index (χ1) is 14.7. The van der Waals surface area contributed by atoms with Gasteiger partial charge >= 0.3 is 0 Å². The Balaban J connectivity index is 1.38. The number of aryl methyl sites for hydroxylation is 2. The predicted octanol–water partition coefficient (Wildman–Crippen LogP) is 6.44. The standard InChI is InChI=1S/C25H25ClN2O2/c1-19-8-2-5-11-24(19)29-17-7-6-16-28-23-10-4-3-9-22(23)27-25(28)18-30-21-14-12-20(26)13-15-21/h2-5,8-15H,6-7,16-18H2,1H3. The Kier molecular flexibility index (Phi) is 6.55. The third-order valence-electron chi connectivity index (χ3n) is 5.04. The number of aromatic nitrogens is 2. The molecule has 3 aromatic carbocycles. The second kappa shape index (κ2) is 9.68. The van der Waals surface area contributed by atoms with Gasteiger partial charge in [0.2, 0.25) is 0 Å². The van der Waals surface area contributed by atoms with Crippen LogP contribution >= 0.6 is 11.6 Å². The Bertz CT molecular complexity index is 1110. The molecule has 0 N–H and O–H groups in total. The monoisotopic (exact) mass is 420 g/mol. The van der Waals surface area contributed by atoms with Gasteiger partial charge in [-0.1, -0.05) is 41.9 Å². The third kappa shape index (κ3) is 4.95. The van der Waals surface area contributed by atoms with Gasteiger partial charge < -0.3 is 14.0 Å². The topological polar surface area (TPSA) is 36.3 Å². The molecule has 0 saturated carbocycles. The number of rotatable bonds is 9. The number of hydrogen-bond acceptors (Lipinski definition) is 3.